The topological polar surface area (TPSA) is 144 Å². The van der Waals surface area contributed by atoms with Crippen LogP contribution in [-0.2, 0) is 9.59 Å². The molecule has 0 saturated carbocycles. The summed E-state index contributed by atoms with van der Waals surface area (Å²) in [5.74, 6) is -2.00. The number of H-pyrrole nitrogens is 2. The van der Waals surface area contributed by atoms with E-state index < -0.39 is 28.9 Å². The van der Waals surface area contributed by atoms with Gasteiger partial charge in [-0.05, 0) is 24.4 Å². The highest BCUT2D eigenvalue weighted by atomic mass is 32.1. The Hall–Kier alpha value is -3.01. The van der Waals surface area contributed by atoms with E-state index in [1.807, 2.05) is 9.97 Å². The molecule has 2 rings (SSSR count). The maximum atomic E-state index is 11.5. The molecule has 1 aliphatic heterocycles. The van der Waals surface area contributed by atoms with Gasteiger partial charge >= 0.3 is 5.69 Å². The van der Waals surface area contributed by atoms with Gasteiger partial charge in [-0.2, -0.15) is 0 Å². The van der Waals surface area contributed by atoms with E-state index in [0.717, 1.165) is 12.2 Å². The van der Waals surface area contributed by atoms with Crippen molar-refractivity contribution in [3.8, 4) is 5.88 Å². The Kier molecular flexibility index (Phi) is 3.80. The standard InChI is InChI=1S/C11H8N4O5S/c16-6-4(7(17)13-10(20)12-6)2-1-3-5-8(18)14-11(21)15-9(5)19/h1-3H,(H3,12,13,16,17,20)(H2,14,15,18,19,21)/b2-1+. The monoisotopic (exact) mass is 308 g/mol. The van der Waals surface area contributed by atoms with Crippen LogP contribution in [0.1, 0.15) is 5.56 Å². The molecule has 0 aromatic carbocycles. The number of hydrogen-bond donors (Lipinski definition) is 5. The molecular weight excluding hydrogens is 300 g/mol. The number of thiocarbonyl (C=S) groups is 1. The number of carbonyl (C=O) groups is 2. The minimum atomic E-state index is -0.854. The zero-order valence-corrected chi connectivity index (χ0v) is 11.0. The van der Waals surface area contributed by atoms with Gasteiger partial charge in [0.2, 0.25) is 5.88 Å². The van der Waals surface area contributed by atoms with Crippen LogP contribution >= 0.6 is 12.2 Å². The molecule has 1 aromatic heterocycles. The van der Waals surface area contributed by atoms with Gasteiger partial charge in [-0.15, -0.1) is 0 Å². The number of aromatic nitrogens is 2. The van der Waals surface area contributed by atoms with Gasteiger partial charge in [0.15, 0.2) is 5.11 Å². The lowest BCUT2D eigenvalue weighted by Gasteiger charge is -2.15. The quantitative estimate of drug-likeness (QED) is 0.249. The first kappa shape index (κ1) is 14.4. The summed E-state index contributed by atoms with van der Waals surface area (Å²) in [4.78, 5) is 49.2. The van der Waals surface area contributed by atoms with Crippen LogP contribution in [0.2, 0.25) is 0 Å². The number of nitrogens with one attached hydrogen (secondary N) is 4. The van der Waals surface area contributed by atoms with Crippen LogP contribution in [0.3, 0.4) is 0 Å². The molecule has 0 bridgehead atoms. The van der Waals surface area contributed by atoms with E-state index in [1.54, 1.807) is 0 Å². The maximum absolute atomic E-state index is 11.5. The van der Waals surface area contributed by atoms with Crippen molar-refractivity contribution in [2.45, 2.75) is 0 Å². The molecule has 0 aliphatic carbocycles. The number of aromatic amines is 2. The lowest BCUT2D eigenvalue weighted by molar-refractivity contribution is -0.123. The van der Waals surface area contributed by atoms with Crippen LogP contribution in [-0.4, -0.2) is 32.0 Å². The van der Waals surface area contributed by atoms with E-state index >= 15 is 0 Å². The Morgan fingerprint density at radius 1 is 1.00 bits per heavy atom. The van der Waals surface area contributed by atoms with E-state index in [-0.39, 0.29) is 16.2 Å². The largest absolute Gasteiger partial charge is 0.494 e. The Morgan fingerprint density at radius 2 is 1.62 bits per heavy atom. The fourth-order valence-electron chi connectivity index (χ4n) is 1.51. The van der Waals surface area contributed by atoms with Gasteiger partial charge in [0.05, 0.1) is 5.56 Å². The summed E-state index contributed by atoms with van der Waals surface area (Å²) in [7, 11) is 0. The number of aromatic hydroxyl groups is 1. The first-order chi connectivity index (χ1) is 9.88. The summed E-state index contributed by atoms with van der Waals surface area (Å²) in [6.45, 7) is 0. The molecule has 108 valence electrons. The van der Waals surface area contributed by atoms with Gasteiger partial charge in [-0.1, -0.05) is 6.08 Å². The first-order valence-corrected chi connectivity index (χ1v) is 5.90. The first-order valence-electron chi connectivity index (χ1n) is 5.49. The number of hydrogen-bond acceptors (Lipinski definition) is 6. The van der Waals surface area contributed by atoms with Gasteiger partial charge in [0.1, 0.15) is 5.57 Å². The Bertz CT molecular complexity index is 795. The highest BCUT2D eigenvalue weighted by Gasteiger charge is 2.24. The molecule has 1 aliphatic rings. The van der Waals surface area contributed by atoms with Crippen molar-refractivity contribution in [1.29, 1.82) is 0 Å². The number of rotatable bonds is 2. The third-order valence-corrected chi connectivity index (χ3v) is 2.63. The molecule has 0 radical (unpaired) electrons. The predicted octanol–water partition coefficient (Wildman–Crippen LogP) is -1.76. The van der Waals surface area contributed by atoms with Crippen molar-refractivity contribution in [2.75, 3.05) is 0 Å². The van der Waals surface area contributed by atoms with E-state index in [1.165, 1.54) is 6.08 Å². The number of allylic oxidation sites excluding steroid dienone is 2. The Morgan fingerprint density at radius 3 is 2.19 bits per heavy atom. The smallest absolute Gasteiger partial charge is 0.328 e. The number of carbonyl (C=O) groups excluding carboxylic acids is 2. The van der Waals surface area contributed by atoms with E-state index in [0.29, 0.717) is 0 Å². The van der Waals surface area contributed by atoms with Crippen LogP contribution in [0.5, 0.6) is 5.88 Å². The average molecular weight is 308 g/mol. The SMILES string of the molecule is O=C1NC(=S)NC(=O)C1=C/C=C/c1c(O)[nH]c(=O)[nH]c1=O. The zero-order chi connectivity index (χ0) is 15.6. The lowest BCUT2D eigenvalue weighted by atomic mass is 10.1. The van der Waals surface area contributed by atoms with Crippen molar-refractivity contribution in [3.63, 3.8) is 0 Å². The minimum absolute atomic E-state index is 0.0964. The summed E-state index contributed by atoms with van der Waals surface area (Å²) in [5.41, 5.74) is -2.11. The molecule has 5 N–H and O–H groups in total. The fourth-order valence-corrected chi connectivity index (χ4v) is 1.69. The van der Waals surface area contributed by atoms with Crippen LogP contribution in [0.25, 0.3) is 6.08 Å². The van der Waals surface area contributed by atoms with Crippen molar-refractivity contribution in [3.05, 3.63) is 44.1 Å². The molecule has 0 spiro atoms. The fraction of sp³-hybridized carbons (Fsp3) is 0. The van der Waals surface area contributed by atoms with Crippen molar-refractivity contribution >= 4 is 35.2 Å². The second-order valence-corrected chi connectivity index (χ2v) is 4.26. The van der Waals surface area contributed by atoms with Gasteiger partial charge in [0, 0.05) is 0 Å². The molecule has 0 unspecified atom stereocenters. The van der Waals surface area contributed by atoms with Crippen molar-refractivity contribution < 1.29 is 14.7 Å². The molecule has 2 amide bonds. The van der Waals surface area contributed by atoms with Crippen LogP contribution < -0.4 is 21.9 Å². The molecular formula is C11H8N4O5S. The van der Waals surface area contributed by atoms with Gasteiger partial charge < -0.3 is 5.11 Å². The predicted molar refractivity (Wildman–Crippen MR) is 75.3 cm³/mol. The molecule has 1 saturated heterocycles. The zero-order valence-electron chi connectivity index (χ0n) is 10.2. The third kappa shape index (κ3) is 3.12. The Labute approximate surface area is 121 Å². The normalized spacial score (nSPS) is 15.0. The second-order valence-electron chi connectivity index (χ2n) is 3.85. The summed E-state index contributed by atoms with van der Waals surface area (Å²) < 4.78 is 0. The van der Waals surface area contributed by atoms with Crippen LogP contribution in [0, 0.1) is 0 Å². The van der Waals surface area contributed by atoms with Crippen LogP contribution in [0.4, 0.5) is 0 Å². The van der Waals surface area contributed by atoms with Crippen molar-refractivity contribution in [2.24, 2.45) is 0 Å². The highest BCUT2D eigenvalue weighted by Crippen LogP contribution is 2.08. The number of amides is 2. The van der Waals surface area contributed by atoms with E-state index in [4.69, 9.17) is 0 Å². The van der Waals surface area contributed by atoms with E-state index in [2.05, 4.69) is 22.9 Å². The molecule has 2 heterocycles. The summed E-state index contributed by atoms with van der Waals surface area (Å²) in [5, 5.41) is 13.8. The third-order valence-electron chi connectivity index (χ3n) is 2.43. The highest BCUT2D eigenvalue weighted by molar-refractivity contribution is 7.80. The Balaban J connectivity index is 2.31. The van der Waals surface area contributed by atoms with Crippen LogP contribution in [0.15, 0.2) is 27.3 Å². The molecule has 10 heteroatoms. The average Bonchev–Trinajstić information content (AvgIpc) is 2.34. The van der Waals surface area contributed by atoms with Gasteiger partial charge in [-0.25, -0.2) is 4.79 Å². The maximum Gasteiger partial charge on any atom is 0.328 e. The lowest BCUT2D eigenvalue weighted by Crippen LogP contribution is -2.51. The summed E-state index contributed by atoms with van der Waals surface area (Å²) in [6, 6.07) is 0. The summed E-state index contributed by atoms with van der Waals surface area (Å²) in [6.07, 6.45) is 3.46. The molecule has 1 aromatic rings. The van der Waals surface area contributed by atoms with Crippen molar-refractivity contribution in [1.82, 2.24) is 20.6 Å². The molecule has 21 heavy (non-hydrogen) atoms. The molecule has 1 fully saturated rings. The molecule has 0 atom stereocenters. The second kappa shape index (κ2) is 5.54. The van der Waals surface area contributed by atoms with E-state index in [9.17, 15) is 24.3 Å². The van der Waals surface area contributed by atoms with Gasteiger partial charge in [-0.3, -0.25) is 35.0 Å². The minimum Gasteiger partial charge on any atom is -0.494 e. The molecule has 9 nitrogen and oxygen atoms in total. The van der Waals surface area contributed by atoms with Gasteiger partial charge in [0.25, 0.3) is 17.4 Å². The summed E-state index contributed by atoms with van der Waals surface area (Å²) >= 11 is 4.63.